The van der Waals surface area contributed by atoms with Crippen molar-refractivity contribution in [3.8, 4) is 11.8 Å². The second-order valence-electron chi connectivity index (χ2n) is 4.48. The lowest BCUT2D eigenvalue weighted by molar-refractivity contribution is -0.133. The molecule has 0 unspecified atom stereocenters. The molecule has 16 heavy (non-hydrogen) atoms. The zero-order valence-corrected chi connectivity index (χ0v) is 11.2. The molecule has 0 fully saturated rings. The van der Waals surface area contributed by atoms with Crippen molar-refractivity contribution in [2.45, 2.75) is 52.9 Å². The normalized spacial score (nSPS) is 9.81. The fraction of sp³-hybridized carbons (Fsp3) is 0.786. The Kier molecular flexibility index (Phi) is 8.71. The van der Waals surface area contributed by atoms with E-state index in [2.05, 4.69) is 18.8 Å². The first-order valence-corrected chi connectivity index (χ1v) is 6.30. The van der Waals surface area contributed by atoms with E-state index in [9.17, 15) is 4.79 Å². The Hall–Kier alpha value is -0.970. The molecular weight excluding hydrogens is 198 g/mol. The average Bonchev–Trinajstić information content (AvgIpc) is 2.26. The first-order valence-electron chi connectivity index (χ1n) is 6.30. The van der Waals surface area contributed by atoms with Gasteiger partial charge in [0.05, 0.1) is 0 Å². The quantitative estimate of drug-likeness (QED) is 0.500. The van der Waals surface area contributed by atoms with Gasteiger partial charge in [-0.05, 0) is 19.3 Å². The summed E-state index contributed by atoms with van der Waals surface area (Å²) in [5.74, 6) is 6.63. The van der Waals surface area contributed by atoms with Crippen LogP contribution in [-0.2, 0) is 4.79 Å². The predicted molar refractivity (Wildman–Crippen MR) is 69.0 cm³/mol. The smallest absolute Gasteiger partial charge is 0.224 e. The molecule has 2 heteroatoms. The number of amides is 1. The Labute approximate surface area is 100 Å². The van der Waals surface area contributed by atoms with Crippen LogP contribution in [0.2, 0.25) is 0 Å². The highest BCUT2D eigenvalue weighted by Gasteiger charge is 2.11. The van der Waals surface area contributed by atoms with Crippen molar-refractivity contribution in [1.29, 1.82) is 0 Å². The monoisotopic (exact) mass is 223 g/mol. The maximum absolute atomic E-state index is 11.5. The van der Waals surface area contributed by atoms with E-state index in [0.717, 1.165) is 38.6 Å². The number of carbonyl (C=O) groups is 1. The van der Waals surface area contributed by atoms with Crippen LogP contribution >= 0.6 is 0 Å². The summed E-state index contributed by atoms with van der Waals surface area (Å²) in [6.07, 6.45) is 5.25. The van der Waals surface area contributed by atoms with Crippen LogP contribution in [0.15, 0.2) is 0 Å². The molecule has 0 aromatic rings. The van der Waals surface area contributed by atoms with Crippen LogP contribution < -0.4 is 0 Å². The van der Waals surface area contributed by atoms with Crippen LogP contribution in [0.5, 0.6) is 0 Å². The number of rotatable bonds is 6. The molecule has 0 aliphatic heterocycles. The fourth-order valence-corrected chi connectivity index (χ4v) is 1.42. The van der Waals surface area contributed by atoms with Gasteiger partial charge < -0.3 is 4.90 Å². The third kappa shape index (κ3) is 7.34. The largest absolute Gasteiger partial charge is 0.346 e. The summed E-state index contributed by atoms with van der Waals surface area (Å²) in [5, 5.41) is 0. The summed E-state index contributed by atoms with van der Waals surface area (Å²) in [5.41, 5.74) is 0. The number of unbranched alkanes of at least 4 members (excludes halogenated alkanes) is 3. The Bertz CT molecular complexity index is 247. The van der Waals surface area contributed by atoms with Gasteiger partial charge in [0.2, 0.25) is 5.91 Å². The van der Waals surface area contributed by atoms with Crippen LogP contribution in [0.4, 0.5) is 0 Å². The van der Waals surface area contributed by atoms with Crippen molar-refractivity contribution in [1.82, 2.24) is 4.90 Å². The van der Waals surface area contributed by atoms with E-state index in [1.807, 2.05) is 25.8 Å². The molecule has 0 spiro atoms. The molecule has 0 rings (SSSR count). The van der Waals surface area contributed by atoms with E-state index in [1.54, 1.807) is 0 Å². The molecule has 0 aliphatic carbocycles. The second kappa shape index (κ2) is 9.27. The Balaban J connectivity index is 3.53. The van der Waals surface area contributed by atoms with Gasteiger partial charge in [-0.1, -0.05) is 20.8 Å². The molecule has 2 nitrogen and oxygen atoms in total. The summed E-state index contributed by atoms with van der Waals surface area (Å²) in [4.78, 5) is 13.4. The number of nitrogens with zero attached hydrogens (tertiary/aromatic N) is 1. The first kappa shape index (κ1) is 15.0. The molecule has 0 aliphatic rings. The molecule has 0 saturated heterocycles. The highest BCUT2D eigenvalue weighted by molar-refractivity contribution is 5.77. The molecule has 92 valence electrons. The van der Waals surface area contributed by atoms with Crippen LogP contribution in [-0.4, -0.2) is 24.4 Å². The zero-order valence-electron chi connectivity index (χ0n) is 11.2. The van der Waals surface area contributed by atoms with Gasteiger partial charge in [-0.3, -0.25) is 4.79 Å². The van der Waals surface area contributed by atoms with Crippen LogP contribution in [0, 0.1) is 17.8 Å². The lowest BCUT2D eigenvalue weighted by Crippen LogP contribution is -2.31. The molecule has 0 aromatic heterocycles. The van der Waals surface area contributed by atoms with Gasteiger partial charge in [0.15, 0.2) is 0 Å². The van der Waals surface area contributed by atoms with Gasteiger partial charge >= 0.3 is 0 Å². The van der Waals surface area contributed by atoms with Crippen LogP contribution in [0.3, 0.4) is 0 Å². The standard InChI is InChI=1S/C14H25NO/c1-5-6-7-8-9-10-11-12-15(4)14(16)13(2)3/h13H,5-6,9-12H2,1-4H3. The minimum absolute atomic E-state index is 0.106. The first-order chi connectivity index (χ1) is 7.59. The maximum Gasteiger partial charge on any atom is 0.224 e. The molecule has 0 N–H and O–H groups in total. The fourth-order valence-electron chi connectivity index (χ4n) is 1.42. The summed E-state index contributed by atoms with van der Waals surface area (Å²) in [6, 6.07) is 0. The topological polar surface area (TPSA) is 20.3 Å². The summed E-state index contributed by atoms with van der Waals surface area (Å²) >= 11 is 0. The Morgan fingerprint density at radius 2 is 1.81 bits per heavy atom. The molecule has 0 heterocycles. The van der Waals surface area contributed by atoms with Gasteiger partial charge in [-0.2, -0.15) is 0 Å². The van der Waals surface area contributed by atoms with Crippen molar-refractivity contribution >= 4 is 5.91 Å². The maximum atomic E-state index is 11.5. The van der Waals surface area contributed by atoms with E-state index in [1.165, 1.54) is 0 Å². The van der Waals surface area contributed by atoms with E-state index < -0.39 is 0 Å². The Morgan fingerprint density at radius 3 is 2.38 bits per heavy atom. The third-order valence-corrected chi connectivity index (χ3v) is 2.42. The van der Waals surface area contributed by atoms with Crippen molar-refractivity contribution < 1.29 is 4.79 Å². The summed E-state index contributed by atoms with van der Waals surface area (Å²) in [7, 11) is 1.88. The van der Waals surface area contributed by atoms with E-state index in [0.29, 0.717) is 0 Å². The SMILES string of the molecule is CCCC#CCCCCN(C)C(=O)C(C)C. The minimum atomic E-state index is 0.106. The van der Waals surface area contributed by atoms with E-state index in [4.69, 9.17) is 0 Å². The molecule has 0 saturated carbocycles. The van der Waals surface area contributed by atoms with Crippen molar-refractivity contribution in [3.63, 3.8) is 0 Å². The highest BCUT2D eigenvalue weighted by atomic mass is 16.2. The predicted octanol–water partition coefficient (Wildman–Crippen LogP) is 3.07. The lowest BCUT2D eigenvalue weighted by Gasteiger charge is -2.18. The molecule has 0 aromatic carbocycles. The summed E-state index contributed by atoms with van der Waals surface area (Å²) in [6.45, 7) is 6.87. The van der Waals surface area contributed by atoms with E-state index in [-0.39, 0.29) is 11.8 Å². The molecule has 0 radical (unpaired) electrons. The lowest BCUT2D eigenvalue weighted by atomic mass is 10.2. The summed E-state index contributed by atoms with van der Waals surface area (Å²) < 4.78 is 0. The number of hydrogen-bond donors (Lipinski definition) is 0. The van der Waals surface area contributed by atoms with Gasteiger partial charge in [0.1, 0.15) is 0 Å². The van der Waals surface area contributed by atoms with E-state index >= 15 is 0 Å². The van der Waals surface area contributed by atoms with Crippen molar-refractivity contribution in [3.05, 3.63) is 0 Å². The van der Waals surface area contributed by atoms with Crippen LogP contribution in [0.25, 0.3) is 0 Å². The van der Waals surface area contributed by atoms with Gasteiger partial charge in [-0.25, -0.2) is 0 Å². The Morgan fingerprint density at radius 1 is 1.19 bits per heavy atom. The van der Waals surface area contributed by atoms with Crippen molar-refractivity contribution in [2.75, 3.05) is 13.6 Å². The van der Waals surface area contributed by atoms with Crippen LogP contribution in [0.1, 0.15) is 52.9 Å². The number of hydrogen-bond acceptors (Lipinski definition) is 1. The van der Waals surface area contributed by atoms with Gasteiger partial charge in [0.25, 0.3) is 0 Å². The van der Waals surface area contributed by atoms with Gasteiger partial charge in [-0.15, -0.1) is 11.8 Å². The highest BCUT2D eigenvalue weighted by Crippen LogP contribution is 2.02. The molecule has 0 atom stereocenters. The van der Waals surface area contributed by atoms with Gasteiger partial charge in [0, 0.05) is 32.4 Å². The third-order valence-electron chi connectivity index (χ3n) is 2.42. The molecular formula is C14H25NO. The average molecular weight is 223 g/mol. The zero-order chi connectivity index (χ0) is 12.4. The molecule has 1 amide bonds. The molecule has 0 bridgehead atoms. The minimum Gasteiger partial charge on any atom is -0.346 e. The van der Waals surface area contributed by atoms with Crippen molar-refractivity contribution in [2.24, 2.45) is 5.92 Å². The second-order valence-corrected chi connectivity index (χ2v) is 4.48. The number of carbonyl (C=O) groups excluding carboxylic acids is 1.